The Labute approximate surface area is 137 Å². The van der Waals surface area contributed by atoms with E-state index in [0.717, 1.165) is 0 Å². The van der Waals surface area contributed by atoms with Gasteiger partial charge in [-0.05, 0) is 24.3 Å². The number of rotatable bonds is 2. The number of methoxy groups -OCH3 is 1. The molecule has 0 radical (unpaired) electrons. The third-order valence-electron chi connectivity index (χ3n) is 3.03. The lowest BCUT2D eigenvalue weighted by Gasteiger charge is -2.30. The van der Waals surface area contributed by atoms with Crippen molar-refractivity contribution in [2.24, 2.45) is 0 Å². The van der Waals surface area contributed by atoms with Crippen LogP contribution in [0.25, 0.3) is 0 Å². The van der Waals surface area contributed by atoms with Gasteiger partial charge in [-0.1, -0.05) is 43.2 Å². The zero-order valence-electron chi connectivity index (χ0n) is 13.2. The van der Waals surface area contributed by atoms with Gasteiger partial charge in [-0.2, -0.15) is 0 Å². The van der Waals surface area contributed by atoms with Gasteiger partial charge in [-0.15, -0.1) is 5.54 Å². The number of hydrogen-bond acceptors (Lipinski definition) is 2. The standard InChI is InChI=1S/C17H19ClFNOSi/c1-21-16-9-8-14(18)12-20(16)15-7-5-6-13(17(15)19)10-11-22(2,3)4/h5-9,12,16H,1-4H3. The van der Waals surface area contributed by atoms with Crippen molar-refractivity contribution >= 4 is 25.4 Å². The Bertz CT molecular complexity index is 682. The highest BCUT2D eigenvalue weighted by Crippen LogP contribution is 2.28. The molecule has 1 atom stereocenters. The second-order valence-electron chi connectivity index (χ2n) is 6.05. The maximum Gasteiger partial charge on any atom is 0.162 e. The third-order valence-corrected chi connectivity index (χ3v) is 4.13. The molecule has 1 unspecified atom stereocenters. The number of ether oxygens (including phenoxy) is 1. The Balaban J connectivity index is 2.44. The van der Waals surface area contributed by atoms with Crippen LogP contribution in [0, 0.1) is 17.3 Å². The molecule has 0 spiro atoms. The molecule has 0 bridgehead atoms. The van der Waals surface area contributed by atoms with Crippen molar-refractivity contribution in [1.82, 2.24) is 0 Å². The van der Waals surface area contributed by atoms with Gasteiger partial charge in [0.2, 0.25) is 0 Å². The first-order valence-electron chi connectivity index (χ1n) is 7.00. The van der Waals surface area contributed by atoms with Crippen LogP contribution in [0.5, 0.6) is 0 Å². The maximum absolute atomic E-state index is 14.8. The van der Waals surface area contributed by atoms with E-state index < -0.39 is 14.3 Å². The van der Waals surface area contributed by atoms with E-state index in [4.69, 9.17) is 16.3 Å². The average Bonchev–Trinajstić information content (AvgIpc) is 2.45. The van der Waals surface area contributed by atoms with E-state index in [2.05, 4.69) is 31.1 Å². The Hall–Kier alpha value is -1.54. The minimum Gasteiger partial charge on any atom is -0.358 e. The quantitative estimate of drug-likeness (QED) is 0.583. The van der Waals surface area contributed by atoms with Crippen molar-refractivity contribution < 1.29 is 9.13 Å². The summed E-state index contributed by atoms with van der Waals surface area (Å²) in [5.74, 6) is 2.62. The van der Waals surface area contributed by atoms with Gasteiger partial charge in [0.1, 0.15) is 8.07 Å². The van der Waals surface area contributed by atoms with E-state index in [9.17, 15) is 4.39 Å². The Kier molecular flexibility index (Phi) is 5.12. The molecule has 0 aliphatic carbocycles. The second-order valence-corrected chi connectivity index (χ2v) is 11.2. The van der Waals surface area contributed by atoms with Gasteiger partial charge >= 0.3 is 0 Å². The maximum atomic E-state index is 14.8. The number of hydrogen-bond donors (Lipinski definition) is 0. The van der Waals surface area contributed by atoms with Crippen LogP contribution in [0.3, 0.4) is 0 Å². The summed E-state index contributed by atoms with van der Waals surface area (Å²) in [5.41, 5.74) is 3.98. The predicted octanol–water partition coefficient (Wildman–Crippen LogP) is 4.48. The summed E-state index contributed by atoms with van der Waals surface area (Å²) in [6.07, 6.45) is 4.78. The summed E-state index contributed by atoms with van der Waals surface area (Å²) >= 11 is 6.03. The fourth-order valence-corrected chi connectivity index (χ4v) is 2.67. The minimum absolute atomic E-state index is 0.355. The molecule has 1 aromatic carbocycles. The number of benzene rings is 1. The summed E-state index contributed by atoms with van der Waals surface area (Å²) in [5, 5.41) is 0.520. The van der Waals surface area contributed by atoms with Crippen LogP contribution in [-0.2, 0) is 4.74 Å². The van der Waals surface area contributed by atoms with Crippen molar-refractivity contribution in [3.8, 4) is 11.5 Å². The van der Waals surface area contributed by atoms with Crippen LogP contribution in [0.2, 0.25) is 19.6 Å². The molecular weight excluding hydrogens is 317 g/mol. The van der Waals surface area contributed by atoms with Crippen LogP contribution in [0.4, 0.5) is 10.1 Å². The molecule has 2 nitrogen and oxygen atoms in total. The third kappa shape index (κ3) is 4.01. The first-order chi connectivity index (χ1) is 10.3. The molecule has 0 saturated carbocycles. The molecule has 0 N–H and O–H groups in total. The van der Waals surface area contributed by atoms with Gasteiger partial charge in [-0.3, -0.25) is 0 Å². The Morgan fingerprint density at radius 3 is 2.68 bits per heavy atom. The second kappa shape index (κ2) is 6.70. The van der Waals surface area contributed by atoms with Crippen molar-refractivity contribution in [2.75, 3.05) is 12.0 Å². The molecule has 1 heterocycles. The van der Waals surface area contributed by atoms with Crippen molar-refractivity contribution in [2.45, 2.75) is 25.9 Å². The number of halogens is 2. The van der Waals surface area contributed by atoms with E-state index in [0.29, 0.717) is 16.3 Å². The van der Waals surface area contributed by atoms with E-state index in [1.54, 1.807) is 48.6 Å². The SMILES string of the molecule is COC1C=CC(Cl)=CN1c1cccc(C#C[Si](C)(C)C)c1F. The normalized spacial score (nSPS) is 17.8. The molecule has 22 heavy (non-hydrogen) atoms. The molecule has 0 fully saturated rings. The monoisotopic (exact) mass is 335 g/mol. The van der Waals surface area contributed by atoms with E-state index >= 15 is 0 Å². The smallest absolute Gasteiger partial charge is 0.162 e. The van der Waals surface area contributed by atoms with Crippen LogP contribution < -0.4 is 4.90 Å². The first kappa shape index (κ1) is 16.8. The largest absolute Gasteiger partial charge is 0.358 e. The van der Waals surface area contributed by atoms with Gasteiger partial charge in [0.15, 0.2) is 12.0 Å². The summed E-state index contributed by atoms with van der Waals surface area (Å²) in [6, 6.07) is 5.18. The van der Waals surface area contributed by atoms with Gasteiger partial charge in [0, 0.05) is 13.3 Å². The van der Waals surface area contributed by atoms with Gasteiger partial charge < -0.3 is 9.64 Å². The van der Waals surface area contributed by atoms with Crippen LogP contribution in [-0.4, -0.2) is 21.4 Å². The highest BCUT2D eigenvalue weighted by atomic mass is 35.5. The predicted molar refractivity (Wildman–Crippen MR) is 93.0 cm³/mol. The van der Waals surface area contributed by atoms with Gasteiger partial charge in [0.25, 0.3) is 0 Å². The van der Waals surface area contributed by atoms with Gasteiger partial charge in [0.05, 0.1) is 16.3 Å². The topological polar surface area (TPSA) is 12.5 Å². The molecular formula is C17H19ClFNOSi. The Morgan fingerprint density at radius 1 is 1.32 bits per heavy atom. The highest BCUT2D eigenvalue weighted by Gasteiger charge is 2.21. The van der Waals surface area contributed by atoms with Crippen LogP contribution in [0.15, 0.2) is 41.6 Å². The van der Waals surface area contributed by atoms with E-state index in [-0.39, 0.29) is 5.82 Å². The lowest BCUT2D eigenvalue weighted by molar-refractivity contribution is 0.143. The molecule has 5 heteroatoms. The van der Waals surface area contributed by atoms with E-state index in [1.807, 2.05) is 0 Å². The highest BCUT2D eigenvalue weighted by molar-refractivity contribution is 6.83. The lowest BCUT2D eigenvalue weighted by atomic mass is 10.1. The summed E-state index contributed by atoms with van der Waals surface area (Å²) in [6.45, 7) is 6.38. The van der Waals surface area contributed by atoms with Gasteiger partial charge in [-0.25, -0.2) is 4.39 Å². The minimum atomic E-state index is -1.56. The summed E-state index contributed by atoms with van der Waals surface area (Å²) in [4.78, 5) is 1.66. The van der Waals surface area contributed by atoms with Crippen LogP contribution in [0.1, 0.15) is 5.56 Å². The molecule has 2 rings (SSSR count). The number of anilines is 1. The Morgan fingerprint density at radius 2 is 2.05 bits per heavy atom. The molecule has 1 aliphatic rings. The molecule has 1 aromatic rings. The number of nitrogens with zero attached hydrogens (tertiary/aromatic N) is 1. The fraction of sp³-hybridized carbons (Fsp3) is 0.294. The summed E-state index contributed by atoms with van der Waals surface area (Å²) in [7, 11) is 0.00975. The lowest BCUT2D eigenvalue weighted by Crippen LogP contribution is -2.33. The van der Waals surface area contributed by atoms with Crippen molar-refractivity contribution in [3.63, 3.8) is 0 Å². The molecule has 0 saturated heterocycles. The van der Waals surface area contributed by atoms with Crippen LogP contribution >= 0.6 is 11.6 Å². The molecule has 0 amide bonds. The zero-order valence-corrected chi connectivity index (χ0v) is 14.9. The van der Waals surface area contributed by atoms with Crippen molar-refractivity contribution in [3.05, 3.63) is 53.0 Å². The first-order valence-corrected chi connectivity index (χ1v) is 10.9. The molecule has 1 aliphatic heterocycles. The summed E-state index contributed by atoms with van der Waals surface area (Å²) < 4.78 is 20.1. The van der Waals surface area contributed by atoms with E-state index in [1.165, 1.54) is 0 Å². The number of allylic oxidation sites excluding steroid dienone is 2. The average molecular weight is 336 g/mol. The molecule has 0 aromatic heterocycles. The zero-order chi connectivity index (χ0) is 16.3. The molecule has 116 valence electrons. The van der Waals surface area contributed by atoms with Crippen molar-refractivity contribution in [1.29, 1.82) is 0 Å². The fourth-order valence-electron chi connectivity index (χ4n) is 1.99.